The highest BCUT2D eigenvalue weighted by atomic mass is 79.9. The van der Waals surface area contributed by atoms with E-state index in [1.165, 1.54) is 0 Å². The highest BCUT2D eigenvalue weighted by Crippen LogP contribution is 2.19. The highest BCUT2D eigenvalue weighted by Gasteiger charge is 2.18. The molecule has 0 radical (unpaired) electrons. The molecule has 0 spiro atoms. The van der Waals surface area contributed by atoms with Gasteiger partial charge in [0, 0.05) is 30.5 Å². The molecular weight excluding hydrogens is 346 g/mol. The summed E-state index contributed by atoms with van der Waals surface area (Å²) in [5.41, 5.74) is -0.645. The number of rotatable bonds is 6. The van der Waals surface area contributed by atoms with Gasteiger partial charge in [-0.3, -0.25) is 9.59 Å². The van der Waals surface area contributed by atoms with E-state index in [0.29, 0.717) is 13.1 Å². The summed E-state index contributed by atoms with van der Waals surface area (Å²) in [5.74, 6) is -2.88. The lowest BCUT2D eigenvalue weighted by atomic mass is 10.2. The normalized spacial score (nSPS) is 10.3. The van der Waals surface area contributed by atoms with E-state index in [1.807, 2.05) is 13.8 Å². The average Bonchev–Trinajstić information content (AvgIpc) is 2.38. The second-order valence-corrected chi connectivity index (χ2v) is 5.23. The number of halogens is 3. The van der Waals surface area contributed by atoms with Gasteiger partial charge in [0.25, 0.3) is 5.91 Å². The second-order valence-electron chi connectivity index (χ2n) is 4.32. The molecule has 0 aliphatic rings. The molecule has 0 unspecified atom stereocenters. The van der Waals surface area contributed by atoms with E-state index < -0.39 is 23.1 Å². The molecule has 1 rings (SSSR count). The van der Waals surface area contributed by atoms with Gasteiger partial charge < -0.3 is 10.2 Å². The van der Waals surface area contributed by atoms with Gasteiger partial charge in [0.05, 0.1) is 0 Å². The lowest BCUT2D eigenvalue weighted by Crippen LogP contribution is -2.34. The topological polar surface area (TPSA) is 49.4 Å². The van der Waals surface area contributed by atoms with Gasteiger partial charge in [-0.25, -0.2) is 8.78 Å². The molecule has 2 amide bonds. The van der Waals surface area contributed by atoms with Crippen molar-refractivity contribution in [3.05, 3.63) is 33.8 Å². The molecule has 0 bridgehead atoms. The van der Waals surface area contributed by atoms with Crippen molar-refractivity contribution in [1.82, 2.24) is 10.2 Å². The van der Waals surface area contributed by atoms with Crippen LogP contribution in [0.1, 0.15) is 30.6 Å². The van der Waals surface area contributed by atoms with Crippen molar-refractivity contribution < 1.29 is 18.4 Å². The van der Waals surface area contributed by atoms with Crippen LogP contribution in [0.15, 0.2) is 16.6 Å². The highest BCUT2D eigenvalue weighted by molar-refractivity contribution is 9.10. The molecule has 116 valence electrons. The maximum atomic E-state index is 13.6. The fraction of sp³-hybridized carbons (Fsp3) is 0.429. The van der Waals surface area contributed by atoms with Gasteiger partial charge in [0.2, 0.25) is 5.91 Å². The van der Waals surface area contributed by atoms with Crippen molar-refractivity contribution in [3.8, 4) is 0 Å². The van der Waals surface area contributed by atoms with Crippen LogP contribution in [-0.4, -0.2) is 36.3 Å². The van der Waals surface area contributed by atoms with Crippen molar-refractivity contribution in [2.75, 3.05) is 19.6 Å². The van der Waals surface area contributed by atoms with E-state index in [2.05, 4.69) is 21.2 Å². The van der Waals surface area contributed by atoms with E-state index in [-0.39, 0.29) is 23.3 Å². The number of carbonyl (C=O) groups excluding carboxylic acids is 2. The molecule has 0 heterocycles. The number of carbonyl (C=O) groups is 2. The Balaban J connectivity index is 2.61. The lowest BCUT2D eigenvalue weighted by Gasteiger charge is -2.18. The molecule has 7 heteroatoms. The quantitative estimate of drug-likeness (QED) is 0.845. The van der Waals surface area contributed by atoms with Crippen molar-refractivity contribution in [3.63, 3.8) is 0 Å². The minimum atomic E-state index is -0.950. The monoisotopic (exact) mass is 362 g/mol. The van der Waals surface area contributed by atoms with E-state index in [1.54, 1.807) is 4.90 Å². The Morgan fingerprint density at radius 1 is 1.19 bits per heavy atom. The third-order valence-electron chi connectivity index (χ3n) is 2.97. The van der Waals surface area contributed by atoms with Crippen LogP contribution in [0.2, 0.25) is 0 Å². The summed E-state index contributed by atoms with van der Waals surface area (Å²) in [6.07, 6.45) is 0.0905. The molecule has 0 saturated carbocycles. The Morgan fingerprint density at radius 2 is 1.71 bits per heavy atom. The predicted octanol–water partition coefficient (Wildman–Crippen LogP) is 2.72. The van der Waals surface area contributed by atoms with Gasteiger partial charge >= 0.3 is 0 Å². The van der Waals surface area contributed by atoms with Crippen LogP contribution in [0.4, 0.5) is 8.78 Å². The predicted molar refractivity (Wildman–Crippen MR) is 78.9 cm³/mol. The van der Waals surface area contributed by atoms with E-state index >= 15 is 0 Å². The minimum Gasteiger partial charge on any atom is -0.351 e. The zero-order valence-corrected chi connectivity index (χ0v) is 13.5. The van der Waals surface area contributed by atoms with Gasteiger partial charge in [-0.1, -0.05) is 15.9 Å². The van der Waals surface area contributed by atoms with Crippen LogP contribution in [0.3, 0.4) is 0 Å². The lowest BCUT2D eigenvalue weighted by molar-refractivity contribution is -0.130. The maximum absolute atomic E-state index is 13.6. The summed E-state index contributed by atoms with van der Waals surface area (Å²) in [6, 6.07) is 2.03. The van der Waals surface area contributed by atoms with Crippen LogP contribution in [0.25, 0.3) is 0 Å². The zero-order chi connectivity index (χ0) is 16.0. The Bertz CT molecular complexity index is 511. The number of nitrogens with one attached hydrogen (secondary N) is 1. The third kappa shape index (κ3) is 4.77. The Hall–Kier alpha value is -1.50. The standard InChI is InChI=1S/C14H17BrF2N2O2/c1-3-19(4-2)12(20)5-6-18-14(21)13-10(16)7-9(15)8-11(13)17/h7-8H,3-6H2,1-2H3,(H,18,21). The first-order valence-electron chi connectivity index (χ1n) is 6.61. The molecule has 0 atom stereocenters. The molecule has 21 heavy (non-hydrogen) atoms. The molecule has 4 nitrogen and oxygen atoms in total. The number of hydrogen-bond donors (Lipinski definition) is 1. The van der Waals surface area contributed by atoms with E-state index in [9.17, 15) is 18.4 Å². The first kappa shape index (κ1) is 17.6. The molecule has 1 aromatic carbocycles. The molecule has 0 aliphatic carbocycles. The van der Waals surface area contributed by atoms with Crippen LogP contribution in [-0.2, 0) is 4.79 Å². The summed E-state index contributed by atoms with van der Waals surface area (Å²) in [6.45, 7) is 4.90. The molecule has 1 aromatic rings. The first-order valence-corrected chi connectivity index (χ1v) is 7.40. The molecule has 0 aromatic heterocycles. The van der Waals surface area contributed by atoms with Gasteiger partial charge in [-0.05, 0) is 26.0 Å². The average molecular weight is 363 g/mol. The molecule has 1 N–H and O–H groups in total. The Labute approximate surface area is 130 Å². The fourth-order valence-corrected chi connectivity index (χ4v) is 2.27. The summed E-state index contributed by atoms with van der Waals surface area (Å²) in [5, 5.41) is 2.35. The smallest absolute Gasteiger partial charge is 0.257 e. The van der Waals surface area contributed by atoms with Crippen LogP contribution >= 0.6 is 15.9 Å². The van der Waals surface area contributed by atoms with Crippen molar-refractivity contribution in [1.29, 1.82) is 0 Å². The molecular formula is C14H17BrF2N2O2. The van der Waals surface area contributed by atoms with Gasteiger partial charge in [0.15, 0.2) is 0 Å². The molecule has 0 fully saturated rings. The van der Waals surface area contributed by atoms with Gasteiger partial charge in [-0.15, -0.1) is 0 Å². The number of benzene rings is 1. The third-order valence-corrected chi connectivity index (χ3v) is 3.43. The van der Waals surface area contributed by atoms with Crippen molar-refractivity contribution in [2.24, 2.45) is 0 Å². The summed E-state index contributed by atoms with van der Waals surface area (Å²) >= 11 is 2.94. The Kier molecular flexibility index (Phi) is 6.74. The van der Waals surface area contributed by atoms with Crippen molar-refractivity contribution >= 4 is 27.7 Å². The maximum Gasteiger partial charge on any atom is 0.257 e. The van der Waals surface area contributed by atoms with Crippen LogP contribution < -0.4 is 5.32 Å². The van der Waals surface area contributed by atoms with Crippen molar-refractivity contribution in [2.45, 2.75) is 20.3 Å². The summed E-state index contributed by atoms with van der Waals surface area (Å²) < 4.78 is 27.4. The second kappa shape index (κ2) is 8.07. The largest absolute Gasteiger partial charge is 0.351 e. The van der Waals surface area contributed by atoms with E-state index in [0.717, 1.165) is 12.1 Å². The summed E-state index contributed by atoms with van der Waals surface area (Å²) in [7, 11) is 0. The van der Waals surface area contributed by atoms with Crippen LogP contribution in [0, 0.1) is 11.6 Å². The Morgan fingerprint density at radius 3 is 2.19 bits per heavy atom. The zero-order valence-electron chi connectivity index (χ0n) is 11.9. The molecule has 0 aliphatic heterocycles. The number of hydrogen-bond acceptors (Lipinski definition) is 2. The number of nitrogens with zero attached hydrogens (tertiary/aromatic N) is 1. The molecule has 0 saturated heterocycles. The summed E-state index contributed by atoms with van der Waals surface area (Å²) in [4.78, 5) is 25.1. The van der Waals surface area contributed by atoms with E-state index in [4.69, 9.17) is 0 Å². The van der Waals surface area contributed by atoms with Gasteiger partial charge in [0.1, 0.15) is 17.2 Å². The SMILES string of the molecule is CCN(CC)C(=O)CCNC(=O)c1c(F)cc(Br)cc1F. The van der Waals surface area contributed by atoms with Crippen LogP contribution in [0.5, 0.6) is 0 Å². The minimum absolute atomic E-state index is 0.0309. The van der Waals surface area contributed by atoms with Gasteiger partial charge in [-0.2, -0.15) is 0 Å². The fourth-order valence-electron chi connectivity index (χ4n) is 1.86. The number of amides is 2. The first-order chi connectivity index (χ1) is 9.90.